The number of carbonyl (C=O) groups excluding carboxylic acids is 1. The molecule has 0 aromatic heterocycles. The Hall–Kier alpha value is -2.44. The van der Waals surface area contributed by atoms with E-state index in [9.17, 15) is 20.1 Å². The average molecular weight is 341 g/mol. The number of phenolic OH excluding ortho intramolecular Hbond substituents is 3. The largest absolute Gasteiger partial charge is 0.504 e. The van der Waals surface area contributed by atoms with Crippen LogP contribution < -0.4 is 5.43 Å². The van der Waals surface area contributed by atoms with Gasteiger partial charge in [-0.15, -0.1) is 0 Å². The van der Waals surface area contributed by atoms with Crippen molar-refractivity contribution >= 4 is 35.3 Å². The van der Waals surface area contributed by atoms with Crippen molar-refractivity contribution in [3.8, 4) is 17.2 Å². The molecule has 0 atom stereocenters. The van der Waals surface area contributed by atoms with Crippen LogP contribution in [0.1, 0.15) is 15.9 Å². The van der Waals surface area contributed by atoms with E-state index in [2.05, 4.69) is 10.5 Å². The van der Waals surface area contributed by atoms with Gasteiger partial charge in [-0.1, -0.05) is 35.3 Å². The molecule has 22 heavy (non-hydrogen) atoms. The third kappa shape index (κ3) is 3.41. The van der Waals surface area contributed by atoms with Crippen molar-refractivity contribution in [2.45, 2.75) is 0 Å². The van der Waals surface area contributed by atoms with Gasteiger partial charge in [-0.3, -0.25) is 4.79 Å². The lowest BCUT2D eigenvalue weighted by Crippen LogP contribution is -2.17. The molecule has 0 aliphatic carbocycles. The van der Waals surface area contributed by atoms with E-state index in [4.69, 9.17) is 23.2 Å². The Morgan fingerprint density at radius 1 is 1.14 bits per heavy atom. The van der Waals surface area contributed by atoms with Gasteiger partial charge in [0.05, 0.1) is 16.3 Å². The maximum atomic E-state index is 11.8. The highest BCUT2D eigenvalue weighted by Crippen LogP contribution is 2.35. The highest BCUT2D eigenvalue weighted by molar-refractivity contribution is 6.43. The van der Waals surface area contributed by atoms with E-state index in [1.165, 1.54) is 6.21 Å². The highest BCUT2D eigenvalue weighted by atomic mass is 35.5. The Balaban J connectivity index is 2.13. The van der Waals surface area contributed by atoms with E-state index in [0.717, 1.165) is 12.1 Å². The Morgan fingerprint density at radius 2 is 1.77 bits per heavy atom. The molecule has 0 heterocycles. The first kappa shape index (κ1) is 15.9. The minimum atomic E-state index is -0.703. The quantitative estimate of drug-likeness (QED) is 0.392. The third-order valence-electron chi connectivity index (χ3n) is 2.68. The van der Waals surface area contributed by atoms with Crippen LogP contribution in [0.5, 0.6) is 17.2 Å². The molecule has 8 heteroatoms. The fourth-order valence-corrected chi connectivity index (χ4v) is 1.94. The first-order chi connectivity index (χ1) is 10.4. The normalized spacial score (nSPS) is 10.8. The molecular weight excluding hydrogens is 331 g/mol. The van der Waals surface area contributed by atoms with Gasteiger partial charge in [-0.05, 0) is 18.2 Å². The van der Waals surface area contributed by atoms with Crippen LogP contribution in [0.15, 0.2) is 35.4 Å². The van der Waals surface area contributed by atoms with Crippen LogP contribution in [-0.4, -0.2) is 27.4 Å². The number of hydrogen-bond donors (Lipinski definition) is 4. The van der Waals surface area contributed by atoms with Gasteiger partial charge < -0.3 is 15.3 Å². The standard InChI is InChI=1S/C14H10Cl2N2O4/c15-9-3-1-2-7(12(9)16)6-17-18-14(22)8-4-10(19)13(21)11(20)5-8/h1-6,19-21H,(H,18,22)/b17-6+. The predicted molar refractivity (Wildman–Crippen MR) is 83.0 cm³/mol. The van der Waals surface area contributed by atoms with Crippen LogP contribution >= 0.6 is 23.2 Å². The summed E-state index contributed by atoms with van der Waals surface area (Å²) < 4.78 is 0. The van der Waals surface area contributed by atoms with Gasteiger partial charge in [0.15, 0.2) is 17.2 Å². The molecule has 0 bridgehead atoms. The summed E-state index contributed by atoms with van der Waals surface area (Å²) in [7, 11) is 0. The number of benzene rings is 2. The van der Waals surface area contributed by atoms with Crippen LogP contribution in [-0.2, 0) is 0 Å². The summed E-state index contributed by atoms with van der Waals surface area (Å²) in [5, 5.41) is 32.2. The van der Waals surface area contributed by atoms with E-state index in [-0.39, 0.29) is 5.56 Å². The first-order valence-corrected chi connectivity index (χ1v) is 6.68. The molecule has 6 nitrogen and oxygen atoms in total. The Bertz CT molecular complexity index is 739. The van der Waals surface area contributed by atoms with E-state index in [1.807, 2.05) is 0 Å². The summed E-state index contributed by atoms with van der Waals surface area (Å²) in [6.07, 6.45) is 1.30. The molecule has 2 aromatic carbocycles. The summed E-state index contributed by atoms with van der Waals surface area (Å²) in [4.78, 5) is 11.8. The van der Waals surface area contributed by atoms with Gasteiger partial charge >= 0.3 is 0 Å². The SMILES string of the molecule is O=C(N/N=C/c1cccc(Cl)c1Cl)c1cc(O)c(O)c(O)c1. The molecule has 2 rings (SSSR count). The monoisotopic (exact) mass is 340 g/mol. The predicted octanol–water partition coefficient (Wildman–Crippen LogP) is 2.87. The Kier molecular flexibility index (Phi) is 4.75. The molecule has 114 valence electrons. The zero-order valence-corrected chi connectivity index (χ0v) is 12.4. The number of hydrazone groups is 1. The van der Waals surface area contributed by atoms with Gasteiger partial charge in [0, 0.05) is 11.1 Å². The zero-order valence-electron chi connectivity index (χ0n) is 10.9. The Labute approximate surface area is 135 Å². The fourth-order valence-electron chi connectivity index (χ4n) is 1.58. The van der Waals surface area contributed by atoms with Crippen LogP contribution in [0.4, 0.5) is 0 Å². The molecule has 0 saturated carbocycles. The molecule has 0 spiro atoms. The molecule has 1 amide bonds. The number of halogens is 2. The minimum absolute atomic E-state index is 0.0814. The van der Waals surface area contributed by atoms with Gasteiger partial charge in [0.25, 0.3) is 5.91 Å². The summed E-state index contributed by atoms with van der Waals surface area (Å²) in [6.45, 7) is 0. The second-order valence-electron chi connectivity index (χ2n) is 4.21. The molecule has 2 aromatic rings. The first-order valence-electron chi connectivity index (χ1n) is 5.92. The second-order valence-corrected chi connectivity index (χ2v) is 4.99. The Morgan fingerprint density at radius 3 is 2.41 bits per heavy atom. The summed E-state index contributed by atoms with van der Waals surface area (Å²) in [6, 6.07) is 6.93. The average Bonchev–Trinajstić information content (AvgIpc) is 2.48. The highest BCUT2D eigenvalue weighted by Gasteiger charge is 2.13. The number of nitrogens with zero attached hydrogens (tertiary/aromatic N) is 1. The lowest BCUT2D eigenvalue weighted by molar-refractivity contribution is 0.0954. The molecule has 0 aliphatic heterocycles. The number of nitrogens with one attached hydrogen (secondary N) is 1. The number of phenols is 3. The van der Waals surface area contributed by atoms with Crippen molar-refractivity contribution < 1.29 is 20.1 Å². The molecule has 0 aliphatic rings. The number of amides is 1. The van der Waals surface area contributed by atoms with Crippen molar-refractivity contribution in [3.05, 3.63) is 51.5 Å². The lowest BCUT2D eigenvalue weighted by atomic mass is 10.2. The number of hydrogen-bond acceptors (Lipinski definition) is 5. The smallest absolute Gasteiger partial charge is 0.271 e. The summed E-state index contributed by atoms with van der Waals surface area (Å²) in [5.41, 5.74) is 2.62. The maximum Gasteiger partial charge on any atom is 0.271 e. The van der Waals surface area contributed by atoms with Gasteiger partial charge in [-0.2, -0.15) is 5.10 Å². The minimum Gasteiger partial charge on any atom is -0.504 e. The molecular formula is C14H10Cl2N2O4. The van der Waals surface area contributed by atoms with Crippen molar-refractivity contribution in [2.75, 3.05) is 0 Å². The maximum absolute atomic E-state index is 11.8. The van der Waals surface area contributed by atoms with Crippen molar-refractivity contribution in [1.29, 1.82) is 0 Å². The van der Waals surface area contributed by atoms with Gasteiger partial charge in [0.2, 0.25) is 0 Å². The number of rotatable bonds is 3. The van der Waals surface area contributed by atoms with Gasteiger partial charge in [0.1, 0.15) is 0 Å². The van der Waals surface area contributed by atoms with E-state index in [1.54, 1.807) is 18.2 Å². The summed E-state index contributed by atoms with van der Waals surface area (Å²) in [5.74, 6) is -2.63. The van der Waals surface area contributed by atoms with Crippen molar-refractivity contribution in [3.63, 3.8) is 0 Å². The van der Waals surface area contributed by atoms with Crippen LogP contribution in [0.2, 0.25) is 10.0 Å². The van der Waals surface area contributed by atoms with Crippen LogP contribution in [0, 0.1) is 0 Å². The molecule has 0 unspecified atom stereocenters. The van der Waals surface area contributed by atoms with E-state index in [0.29, 0.717) is 15.6 Å². The second kappa shape index (κ2) is 6.55. The molecule has 0 saturated heterocycles. The fraction of sp³-hybridized carbons (Fsp3) is 0. The molecule has 0 fully saturated rings. The molecule has 0 radical (unpaired) electrons. The van der Waals surface area contributed by atoms with Crippen LogP contribution in [0.25, 0.3) is 0 Å². The van der Waals surface area contributed by atoms with Gasteiger partial charge in [-0.25, -0.2) is 5.43 Å². The van der Waals surface area contributed by atoms with E-state index >= 15 is 0 Å². The zero-order chi connectivity index (χ0) is 16.3. The van der Waals surface area contributed by atoms with E-state index < -0.39 is 23.2 Å². The van der Waals surface area contributed by atoms with Crippen LogP contribution in [0.3, 0.4) is 0 Å². The lowest BCUT2D eigenvalue weighted by Gasteiger charge is -2.04. The number of carbonyl (C=O) groups is 1. The topological polar surface area (TPSA) is 102 Å². The molecule has 4 N–H and O–H groups in total. The number of aromatic hydroxyl groups is 3. The van der Waals surface area contributed by atoms with Crippen molar-refractivity contribution in [1.82, 2.24) is 5.43 Å². The van der Waals surface area contributed by atoms with Crippen molar-refractivity contribution in [2.24, 2.45) is 5.10 Å². The summed E-state index contributed by atoms with van der Waals surface area (Å²) >= 11 is 11.8. The third-order valence-corrected chi connectivity index (χ3v) is 3.52.